The highest BCUT2D eigenvalue weighted by molar-refractivity contribution is 6.01. The van der Waals surface area contributed by atoms with E-state index in [9.17, 15) is 14.0 Å². The molecule has 0 spiro atoms. The van der Waals surface area contributed by atoms with Gasteiger partial charge in [0.25, 0.3) is 5.91 Å². The Bertz CT molecular complexity index is 546. The molecule has 2 rings (SSSR count). The Morgan fingerprint density at radius 1 is 1.11 bits per heavy atom. The maximum absolute atomic E-state index is 12.7. The smallest absolute Gasteiger partial charge is 0.251 e. The van der Waals surface area contributed by atoms with E-state index >= 15 is 0 Å². The van der Waals surface area contributed by atoms with Crippen molar-refractivity contribution in [2.75, 3.05) is 6.54 Å². The Labute approximate surface area is 102 Å². The Kier molecular flexibility index (Phi) is 3.52. The maximum atomic E-state index is 12.7. The third-order valence-corrected chi connectivity index (χ3v) is 2.36. The third kappa shape index (κ3) is 2.82. The molecule has 1 N–H and O–H groups in total. The molecule has 1 aromatic heterocycles. The number of benzene rings is 1. The zero-order valence-electron chi connectivity index (χ0n) is 9.35. The van der Waals surface area contributed by atoms with E-state index in [-0.39, 0.29) is 12.3 Å². The predicted octanol–water partition coefficient (Wildman–Crippen LogP) is 2.03. The number of rotatable bonds is 4. The van der Waals surface area contributed by atoms with Crippen LogP contribution in [0.4, 0.5) is 4.39 Å². The minimum Gasteiger partial charge on any atom is -0.472 e. The van der Waals surface area contributed by atoms with Crippen LogP contribution in [0.5, 0.6) is 0 Å². The molecule has 18 heavy (non-hydrogen) atoms. The van der Waals surface area contributed by atoms with E-state index in [1.54, 1.807) is 0 Å². The van der Waals surface area contributed by atoms with Gasteiger partial charge in [0.05, 0.1) is 18.4 Å². The first kappa shape index (κ1) is 12.0. The maximum Gasteiger partial charge on any atom is 0.251 e. The van der Waals surface area contributed by atoms with Gasteiger partial charge >= 0.3 is 0 Å². The highest BCUT2D eigenvalue weighted by Gasteiger charge is 2.10. The van der Waals surface area contributed by atoms with Crippen LogP contribution in [0.1, 0.15) is 20.7 Å². The second-order valence-corrected chi connectivity index (χ2v) is 3.62. The highest BCUT2D eigenvalue weighted by Crippen LogP contribution is 2.03. The van der Waals surface area contributed by atoms with E-state index in [1.807, 2.05) is 0 Å². The number of carbonyl (C=O) groups excluding carboxylic acids is 2. The van der Waals surface area contributed by atoms with Gasteiger partial charge in [-0.3, -0.25) is 9.59 Å². The summed E-state index contributed by atoms with van der Waals surface area (Å²) in [5.41, 5.74) is 0.700. The van der Waals surface area contributed by atoms with Crippen LogP contribution in [0.15, 0.2) is 47.3 Å². The van der Waals surface area contributed by atoms with Gasteiger partial charge in [-0.05, 0) is 30.3 Å². The average molecular weight is 247 g/mol. The fourth-order valence-electron chi connectivity index (χ4n) is 1.39. The lowest BCUT2D eigenvalue weighted by Gasteiger charge is -2.03. The van der Waals surface area contributed by atoms with Gasteiger partial charge in [0, 0.05) is 5.56 Å². The van der Waals surface area contributed by atoms with E-state index in [2.05, 4.69) is 5.32 Å². The summed E-state index contributed by atoms with van der Waals surface area (Å²) in [6.45, 7) is -0.129. The minimum absolute atomic E-state index is 0.129. The predicted molar refractivity (Wildman–Crippen MR) is 61.8 cm³/mol. The molecule has 92 valence electrons. The fourth-order valence-corrected chi connectivity index (χ4v) is 1.39. The van der Waals surface area contributed by atoms with Crippen LogP contribution >= 0.6 is 0 Å². The van der Waals surface area contributed by atoms with Crippen molar-refractivity contribution in [1.29, 1.82) is 0 Å². The summed E-state index contributed by atoms with van der Waals surface area (Å²) in [7, 11) is 0. The summed E-state index contributed by atoms with van der Waals surface area (Å²) in [5.74, 6) is -1.09. The molecule has 2 aromatic rings. The molecule has 0 bridgehead atoms. The van der Waals surface area contributed by atoms with Crippen LogP contribution in [0.25, 0.3) is 0 Å². The number of furan rings is 1. The van der Waals surface area contributed by atoms with E-state index < -0.39 is 11.7 Å². The number of hydrogen-bond acceptors (Lipinski definition) is 3. The fraction of sp³-hybridized carbons (Fsp3) is 0.0769. The second-order valence-electron chi connectivity index (χ2n) is 3.62. The van der Waals surface area contributed by atoms with Crippen molar-refractivity contribution >= 4 is 11.7 Å². The Morgan fingerprint density at radius 3 is 2.44 bits per heavy atom. The van der Waals surface area contributed by atoms with Gasteiger partial charge in [-0.1, -0.05) is 0 Å². The largest absolute Gasteiger partial charge is 0.472 e. The van der Waals surface area contributed by atoms with Crippen LogP contribution in [0.3, 0.4) is 0 Å². The van der Waals surface area contributed by atoms with Crippen LogP contribution in [0, 0.1) is 5.82 Å². The molecule has 5 heteroatoms. The molecule has 0 radical (unpaired) electrons. The van der Waals surface area contributed by atoms with Crippen molar-refractivity contribution in [1.82, 2.24) is 5.32 Å². The number of Topliss-reactive ketones (excluding diaryl/α,β-unsaturated/α-hetero) is 1. The minimum atomic E-state index is -0.424. The molecule has 0 atom stereocenters. The first-order valence-corrected chi connectivity index (χ1v) is 5.26. The van der Waals surface area contributed by atoms with Gasteiger partial charge in [-0.25, -0.2) is 4.39 Å². The van der Waals surface area contributed by atoms with E-state index in [0.29, 0.717) is 11.1 Å². The van der Waals surface area contributed by atoms with E-state index in [4.69, 9.17) is 4.42 Å². The molecule has 1 heterocycles. The van der Waals surface area contributed by atoms with Gasteiger partial charge in [0.15, 0.2) is 5.78 Å². The van der Waals surface area contributed by atoms with Crippen LogP contribution in [0.2, 0.25) is 0 Å². The van der Waals surface area contributed by atoms with Crippen LogP contribution in [-0.2, 0) is 0 Å². The molecule has 1 amide bonds. The third-order valence-electron chi connectivity index (χ3n) is 2.36. The lowest BCUT2D eigenvalue weighted by atomic mass is 10.2. The highest BCUT2D eigenvalue weighted by atomic mass is 19.1. The summed E-state index contributed by atoms with van der Waals surface area (Å²) < 4.78 is 17.4. The molecular weight excluding hydrogens is 237 g/mol. The SMILES string of the molecule is O=C(CNC(=O)c1ccc(F)cc1)c1ccoc1. The number of amides is 1. The van der Waals surface area contributed by atoms with Crippen molar-refractivity contribution in [3.05, 3.63) is 59.8 Å². The summed E-state index contributed by atoms with van der Waals surface area (Å²) >= 11 is 0. The molecule has 0 aliphatic heterocycles. The number of nitrogens with one attached hydrogen (secondary N) is 1. The van der Waals surface area contributed by atoms with Crippen LogP contribution < -0.4 is 5.32 Å². The van der Waals surface area contributed by atoms with Crippen molar-refractivity contribution in [3.8, 4) is 0 Å². The van der Waals surface area contributed by atoms with Gasteiger partial charge in [-0.2, -0.15) is 0 Å². The molecule has 0 saturated carbocycles. The Morgan fingerprint density at radius 2 is 1.83 bits per heavy atom. The van der Waals surface area contributed by atoms with E-state index in [0.717, 1.165) is 0 Å². The number of ketones is 1. The molecule has 0 saturated heterocycles. The van der Waals surface area contributed by atoms with Gasteiger partial charge in [-0.15, -0.1) is 0 Å². The van der Waals surface area contributed by atoms with E-state index in [1.165, 1.54) is 42.9 Å². The first-order valence-electron chi connectivity index (χ1n) is 5.26. The summed E-state index contributed by atoms with van der Waals surface area (Å²) in [6.07, 6.45) is 2.70. The van der Waals surface area contributed by atoms with Crippen molar-refractivity contribution in [2.24, 2.45) is 0 Å². The topological polar surface area (TPSA) is 59.3 Å². The molecule has 0 fully saturated rings. The molecule has 0 aliphatic rings. The quantitative estimate of drug-likeness (QED) is 0.841. The standard InChI is InChI=1S/C13H10FNO3/c14-11-3-1-9(2-4-11)13(17)15-7-12(16)10-5-6-18-8-10/h1-6,8H,7H2,(H,15,17). The number of hydrogen-bond donors (Lipinski definition) is 1. The Balaban J connectivity index is 1.92. The normalized spacial score (nSPS) is 10.1. The average Bonchev–Trinajstić information content (AvgIpc) is 2.90. The molecule has 0 aliphatic carbocycles. The summed E-state index contributed by atoms with van der Waals surface area (Å²) in [6, 6.07) is 6.60. The lowest BCUT2D eigenvalue weighted by Crippen LogP contribution is -2.29. The van der Waals surface area contributed by atoms with Gasteiger partial charge < -0.3 is 9.73 Å². The Hall–Kier alpha value is -2.43. The summed E-state index contributed by atoms with van der Waals surface area (Å²) in [4.78, 5) is 23.2. The molecule has 4 nitrogen and oxygen atoms in total. The van der Waals surface area contributed by atoms with Crippen molar-refractivity contribution in [3.63, 3.8) is 0 Å². The van der Waals surface area contributed by atoms with Crippen LogP contribution in [-0.4, -0.2) is 18.2 Å². The van der Waals surface area contributed by atoms with Crippen molar-refractivity contribution in [2.45, 2.75) is 0 Å². The first-order chi connectivity index (χ1) is 8.66. The van der Waals surface area contributed by atoms with Crippen molar-refractivity contribution < 1.29 is 18.4 Å². The molecular formula is C13H10FNO3. The van der Waals surface area contributed by atoms with Gasteiger partial charge in [0.1, 0.15) is 12.1 Å². The summed E-state index contributed by atoms with van der Waals surface area (Å²) in [5, 5.41) is 2.45. The monoisotopic (exact) mass is 247 g/mol. The molecule has 1 aromatic carbocycles. The lowest BCUT2D eigenvalue weighted by molar-refractivity contribution is 0.0903. The molecule has 0 unspecified atom stereocenters. The van der Waals surface area contributed by atoms with Gasteiger partial charge in [0.2, 0.25) is 0 Å². The zero-order chi connectivity index (χ0) is 13.0. The number of carbonyl (C=O) groups is 2. The zero-order valence-corrected chi connectivity index (χ0v) is 9.35. The second kappa shape index (κ2) is 5.27. The number of halogens is 1.